The van der Waals surface area contributed by atoms with Gasteiger partial charge in [0.2, 0.25) is 5.91 Å². The number of hydrazine groups is 1. The smallest absolute Gasteiger partial charge is 0.300 e. The maximum atomic E-state index is 13.6. The van der Waals surface area contributed by atoms with Crippen LogP contribution in [0.1, 0.15) is 56.7 Å². The summed E-state index contributed by atoms with van der Waals surface area (Å²) in [6, 6.07) is 12.5. The first-order valence-corrected chi connectivity index (χ1v) is 10.4. The van der Waals surface area contributed by atoms with Gasteiger partial charge in [0.25, 0.3) is 0 Å². The number of ketones is 1. The average molecular weight is 430 g/mol. The van der Waals surface area contributed by atoms with Gasteiger partial charge >= 0.3 is 6.18 Å². The van der Waals surface area contributed by atoms with Crippen molar-refractivity contribution in [2.75, 3.05) is 11.6 Å². The highest BCUT2D eigenvalue weighted by Crippen LogP contribution is 2.56. The molecule has 1 unspecified atom stereocenters. The Kier molecular flexibility index (Phi) is 4.91. The molecule has 2 heterocycles. The molecule has 4 nitrogen and oxygen atoms in total. The molecule has 0 aromatic heterocycles. The maximum absolute atomic E-state index is 13.6. The average Bonchev–Trinajstić information content (AvgIpc) is 3.10. The number of Topliss-reactive ketones (excluding diaryl/α,β-unsaturated/α-hetero) is 1. The molecule has 2 aromatic rings. The van der Waals surface area contributed by atoms with Crippen molar-refractivity contribution in [3.05, 3.63) is 65.2 Å². The standard InChI is InChI=1S/C24H25F3N2O2/c1-4-8-18(30)14-23(16-9-6-5-7-10-16)19-13-17(24(25,26)27)11-12-20(19)28-15-22(2,3)21(31)29(23)28/h5-7,9-13H,4,8,14-15H2,1-3H3. The van der Waals surface area contributed by atoms with E-state index in [4.69, 9.17) is 0 Å². The van der Waals surface area contributed by atoms with E-state index in [0.717, 1.165) is 12.1 Å². The highest BCUT2D eigenvalue weighted by molar-refractivity contribution is 5.94. The number of fused-ring (bicyclic) bond motifs is 3. The van der Waals surface area contributed by atoms with Crippen LogP contribution >= 0.6 is 0 Å². The van der Waals surface area contributed by atoms with Gasteiger partial charge in [0.15, 0.2) is 0 Å². The van der Waals surface area contributed by atoms with Crippen molar-refractivity contribution in [2.24, 2.45) is 5.41 Å². The number of alkyl halides is 3. The van der Waals surface area contributed by atoms with Gasteiger partial charge in [-0.05, 0) is 44.0 Å². The lowest BCUT2D eigenvalue weighted by atomic mass is 9.76. The van der Waals surface area contributed by atoms with Crippen LogP contribution in [0.15, 0.2) is 48.5 Å². The van der Waals surface area contributed by atoms with E-state index in [-0.39, 0.29) is 18.1 Å². The Labute approximate surface area is 179 Å². The van der Waals surface area contributed by atoms with E-state index in [2.05, 4.69) is 0 Å². The number of hydrogen-bond donors (Lipinski definition) is 0. The fourth-order valence-corrected chi connectivity index (χ4v) is 4.78. The number of carbonyl (C=O) groups is 2. The molecule has 4 rings (SSSR count). The first-order valence-electron chi connectivity index (χ1n) is 10.4. The molecule has 2 aliphatic rings. The number of nitrogens with zero attached hydrogens (tertiary/aromatic N) is 2. The molecule has 0 radical (unpaired) electrons. The van der Waals surface area contributed by atoms with Crippen LogP contribution in [0.4, 0.5) is 18.9 Å². The van der Waals surface area contributed by atoms with Crippen LogP contribution in [0, 0.1) is 5.41 Å². The first-order chi connectivity index (χ1) is 14.5. The van der Waals surface area contributed by atoms with Gasteiger partial charge in [-0.2, -0.15) is 13.2 Å². The Balaban J connectivity index is 2.03. The largest absolute Gasteiger partial charge is 0.416 e. The predicted molar refractivity (Wildman–Crippen MR) is 111 cm³/mol. The zero-order valence-corrected chi connectivity index (χ0v) is 17.8. The summed E-state index contributed by atoms with van der Waals surface area (Å²) in [4.78, 5) is 26.5. The zero-order chi connectivity index (χ0) is 22.6. The second-order valence-corrected chi connectivity index (χ2v) is 8.98. The third-order valence-electron chi connectivity index (χ3n) is 6.20. The number of benzene rings is 2. The minimum absolute atomic E-state index is 0.0719. The molecule has 1 saturated heterocycles. The van der Waals surface area contributed by atoms with Crippen LogP contribution in [0.25, 0.3) is 0 Å². The molecule has 0 aliphatic carbocycles. The summed E-state index contributed by atoms with van der Waals surface area (Å²) < 4.78 is 40.9. The highest BCUT2D eigenvalue weighted by atomic mass is 19.4. The molecule has 1 fully saturated rings. The molecule has 7 heteroatoms. The van der Waals surface area contributed by atoms with E-state index in [1.165, 1.54) is 6.07 Å². The fourth-order valence-electron chi connectivity index (χ4n) is 4.78. The minimum atomic E-state index is -4.53. The van der Waals surface area contributed by atoms with E-state index < -0.39 is 22.7 Å². The Bertz CT molecular complexity index is 1030. The Morgan fingerprint density at radius 2 is 1.77 bits per heavy atom. The van der Waals surface area contributed by atoms with Crippen molar-refractivity contribution in [1.82, 2.24) is 5.01 Å². The summed E-state index contributed by atoms with van der Waals surface area (Å²) in [6.45, 7) is 5.86. The number of carbonyl (C=O) groups excluding carboxylic acids is 2. The zero-order valence-electron chi connectivity index (χ0n) is 17.8. The molecule has 1 amide bonds. The number of halogens is 3. The predicted octanol–water partition coefficient (Wildman–Crippen LogP) is 5.31. The number of amides is 1. The van der Waals surface area contributed by atoms with E-state index in [1.807, 2.05) is 20.8 Å². The van der Waals surface area contributed by atoms with Crippen LogP contribution in [-0.4, -0.2) is 23.2 Å². The summed E-state index contributed by atoms with van der Waals surface area (Å²) in [6.07, 6.45) is -3.68. The van der Waals surface area contributed by atoms with Gasteiger partial charge < -0.3 is 0 Å². The molecular weight excluding hydrogens is 405 g/mol. The summed E-state index contributed by atoms with van der Waals surface area (Å²) in [7, 11) is 0. The molecule has 1 atom stereocenters. The van der Waals surface area contributed by atoms with Gasteiger partial charge in [-0.3, -0.25) is 14.6 Å². The van der Waals surface area contributed by atoms with Crippen LogP contribution in [0.2, 0.25) is 0 Å². The van der Waals surface area contributed by atoms with Crippen LogP contribution in [0.3, 0.4) is 0 Å². The summed E-state index contributed by atoms with van der Waals surface area (Å²) in [5.74, 6) is -0.292. The molecule has 2 aromatic carbocycles. The lowest BCUT2D eigenvalue weighted by Gasteiger charge is -2.39. The van der Waals surface area contributed by atoms with E-state index in [9.17, 15) is 22.8 Å². The van der Waals surface area contributed by atoms with E-state index in [1.54, 1.807) is 40.3 Å². The van der Waals surface area contributed by atoms with E-state index in [0.29, 0.717) is 36.2 Å². The quantitative estimate of drug-likeness (QED) is 0.645. The molecule has 0 spiro atoms. The SMILES string of the molecule is CCCC(=O)CC1(c2ccccc2)c2cc(C(F)(F)F)ccc2N2CC(C)(C)C(=O)N21. The van der Waals surface area contributed by atoms with Crippen LogP contribution < -0.4 is 5.01 Å². The summed E-state index contributed by atoms with van der Waals surface area (Å²) >= 11 is 0. The van der Waals surface area contributed by atoms with Gasteiger partial charge in [0.05, 0.1) is 23.2 Å². The Morgan fingerprint density at radius 3 is 2.39 bits per heavy atom. The van der Waals surface area contributed by atoms with Gasteiger partial charge in [-0.25, -0.2) is 5.01 Å². The molecule has 2 aliphatic heterocycles. The number of hydrogen-bond acceptors (Lipinski definition) is 3. The third-order valence-corrected chi connectivity index (χ3v) is 6.20. The molecule has 0 bridgehead atoms. The van der Waals surface area contributed by atoms with Crippen molar-refractivity contribution in [1.29, 1.82) is 0 Å². The Hall–Kier alpha value is -2.83. The summed E-state index contributed by atoms with van der Waals surface area (Å²) in [5.41, 5.74) is -1.30. The van der Waals surface area contributed by atoms with E-state index >= 15 is 0 Å². The molecule has 0 N–H and O–H groups in total. The normalized spacial score (nSPS) is 21.9. The molecule has 164 valence electrons. The van der Waals surface area contributed by atoms with Gasteiger partial charge in [0, 0.05) is 18.4 Å². The lowest BCUT2D eigenvalue weighted by Crippen LogP contribution is -2.51. The van der Waals surface area contributed by atoms with Crippen molar-refractivity contribution in [2.45, 2.75) is 51.7 Å². The Morgan fingerprint density at radius 1 is 1.10 bits per heavy atom. The maximum Gasteiger partial charge on any atom is 0.416 e. The first kappa shape index (κ1) is 21.4. The van der Waals surface area contributed by atoms with Crippen molar-refractivity contribution >= 4 is 17.4 Å². The second-order valence-electron chi connectivity index (χ2n) is 8.98. The third kappa shape index (κ3) is 3.22. The number of rotatable bonds is 5. The summed E-state index contributed by atoms with van der Waals surface area (Å²) in [5, 5.41) is 3.30. The van der Waals surface area contributed by atoms with Crippen LogP contribution in [0.5, 0.6) is 0 Å². The lowest BCUT2D eigenvalue weighted by molar-refractivity contribution is -0.140. The van der Waals surface area contributed by atoms with Gasteiger partial charge in [-0.15, -0.1) is 0 Å². The minimum Gasteiger partial charge on any atom is -0.300 e. The van der Waals surface area contributed by atoms with Crippen molar-refractivity contribution in [3.8, 4) is 0 Å². The van der Waals surface area contributed by atoms with Gasteiger partial charge in [0.1, 0.15) is 11.3 Å². The second kappa shape index (κ2) is 7.11. The fraction of sp³-hybridized carbons (Fsp3) is 0.417. The topological polar surface area (TPSA) is 40.6 Å². The molecular formula is C24H25F3N2O2. The van der Waals surface area contributed by atoms with Crippen molar-refractivity contribution in [3.63, 3.8) is 0 Å². The van der Waals surface area contributed by atoms with Crippen LogP contribution in [-0.2, 0) is 21.3 Å². The highest BCUT2D eigenvalue weighted by Gasteiger charge is 2.61. The monoisotopic (exact) mass is 430 g/mol. The molecule has 31 heavy (non-hydrogen) atoms. The van der Waals surface area contributed by atoms with Crippen molar-refractivity contribution < 1.29 is 22.8 Å². The number of anilines is 1. The molecule has 0 saturated carbocycles. The van der Waals surface area contributed by atoms with Gasteiger partial charge in [-0.1, -0.05) is 37.3 Å².